The van der Waals surface area contributed by atoms with Gasteiger partial charge in [0.1, 0.15) is 5.82 Å². The number of aromatic nitrogens is 3. The molecule has 7 nitrogen and oxygen atoms in total. The van der Waals surface area contributed by atoms with E-state index in [2.05, 4.69) is 25.4 Å². The minimum Gasteiger partial charge on any atom is -0.367 e. The zero-order valence-electron chi connectivity index (χ0n) is 19.6. The van der Waals surface area contributed by atoms with Crippen LogP contribution in [0.3, 0.4) is 0 Å². The molecular weight excluding hydrogens is 457 g/mol. The maximum atomic E-state index is 14.7. The Kier molecular flexibility index (Phi) is 6.21. The molecule has 3 heterocycles. The number of anilines is 2. The van der Waals surface area contributed by atoms with E-state index in [1.54, 1.807) is 13.1 Å². The van der Waals surface area contributed by atoms with Gasteiger partial charge in [0, 0.05) is 43.0 Å². The van der Waals surface area contributed by atoms with E-state index in [4.69, 9.17) is 0 Å². The average Bonchev–Trinajstić information content (AvgIpc) is 3.71. The van der Waals surface area contributed by atoms with E-state index < -0.39 is 23.8 Å². The minimum absolute atomic E-state index is 0.124. The molecule has 2 aromatic heterocycles. The van der Waals surface area contributed by atoms with Crippen molar-refractivity contribution in [2.75, 3.05) is 36.4 Å². The summed E-state index contributed by atoms with van der Waals surface area (Å²) in [6.45, 7) is 6.24. The van der Waals surface area contributed by atoms with Gasteiger partial charge in [0.2, 0.25) is 5.91 Å². The summed E-state index contributed by atoms with van der Waals surface area (Å²) in [7, 11) is 0. The van der Waals surface area contributed by atoms with Gasteiger partial charge in [0.05, 0.1) is 34.7 Å². The Bertz CT molecular complexity index is 1260. The van der Waals surface area contributed by atoms with Crippen molar-refractivity contribution in [3.05, 3.63) is 53.1 Å². The van der Waals surface area contributed by atoms with Crippen LogP contribution < -0.4 is 10.2 Å². The SMILES string of the molecule is Cc1nnc(NC(C)c2cccc(C(F)F)c2F)c2cc(N3CCN(C(=O)C4CC4)CC3)cnc12. The number of halogens is 3. The van der Waals surface area contributed by atoms with Gasteiger partial charge in [0.15, 0.2) is 5.82 Å². The number of hydrogen-bond donors (Lipinski definition) is 1. The highest BCUT2D eigenvalue weighted by atomic mass is 19.3. The van der Waals surface area contributed by atoms with Gasteiger partial charge in [-0.05, 0) is 32.8 Å². The molecule has 0 bridgehead atoms. The molecule has 10 heteroatoms. The summed E-state index contributed by atoms with van der Waals surface area (Å²) in [5.41, 5.74) is 1.70. The Morgan fingerprint density at radius 1 is 1.11 bits per heavy atom. The fraction of sp³-hybridized carbons (Fsp3) is 0.440. The first kappa shape index (κ1) is 23.3. The molecule has 184 valence electrons. The number of nitrogens with zero attached hydrogens (tertiary/aromatic N) is 5. The molecule has 0 spiro atoms. The molecule has 1 saturated heterocycles. The van der Waals surface area contributed by atoms with Crippen molar-refractivity contribution in [3.8, 4) is 0 Å². The molecule has 2 aliphatic rings. The van der Waals surface area contributed by atoms with Crippen LogP contribution in [-0.4, -0.2) is 52.2 Å². The Hall–Kier alpha value is -3.43. The Labute approximate surface area is 201 Å². The van der Waals surface area contributed by atoms with E-state index >= 15 is 0 Å². The Balaban J connectivity index is 1.39. The summed E-state index contributed by atoms with van der Waals surface area (Å²) in [5.74, 6) is -0.0516. The monoisotopic (exact) mass is 484 g/mol. The highest BCUT2D eigenvalue weighted by molar-refractivity contribution is 5.92. The van der Waals surface area contributed by atoms with Gasteiger partial charge in [-0.15, -0.1) is 5.10 Å². The smallest absolute Gasteiger partial charge is 0.266 e. The van der Waals surface area contributed by atoms with Gasteiger partial charge in [-0.3, -0.25) is 9.78 Å². The zero-order chi connectivity index (χ0) is 24.7. The third-order valence-electron chi connectivity index (χ3n) is 6.77. The predicted molar refractivity (Wildman–Crippen MR) is 127 cm³/mol. The van der Waals surface area contributed by atoms with Crippen molar-refractivity contribution in [2.24, 2.45) is 5.92 Å². The van der Waals surface area contributed by atoms with Gasteiger partial charge >= 0.3 is 0 Å². The standard InChI is InChI=1S/C25H27F3N6O/c1-14(18-4-3-5-19(21(18)26)23(27)28)30-24-20-12-17(13-29-22(20)15(2)31-32-24)33-8-10-34(11-9-33)25(35)16-6-7-16/h3-5,12-14,16,23H,6-11H2,1-2H3,(H,30,32). The van der Waals surface area contributed by atoms with Crippen molar-refractivity contribution < 1.29 is 18.0 Å². The molecule has 1 aliphatic carbocycles. The van der Waals surface area contributed by atoms with Crippen LogP contribution in [0.2, 0.25) is 0 Å². The van der Waals surface area contributed by atoms with Crippen LogP contribution in [0.25, 0.3) is 10.9 Å². The van der Waals surface area contributed by atoms with Crippen LogP contribution in [-0.2, 0) is 4.79 Å². The van der Waals surface area contributed by atoms with E-state index in [1.165, 1.54) is 12.1 Å². The summed E-state index contributed by atoms with van der Waals surface area (Å²) in [4.78, 5) is 21.1. The molecule has 1 aliphatic heterocycles. The van der Waals surface area contributed by atoms with Crippen molar-refractivity contribution in [1.82, 2.24) is 20.1 Å². The molecule has 1 N–H and O–H groups in total. The molecular formula is C25H27F3N6O. The summed E-state index contributed by atoms with van der Waals surface area (Å²) in [6, 6.07) is 5.32. The summed E-state index contributed by atoms with van der Waals surface area (Å²) >= 11 is 0. The van der Waals surface area contributed by atoms with Gasteiger partial charge < -0.3 is 15.1 Å². The fourth-order valence-electron chi connectivity index (χ4n) is 4.56. The van der Waals surface area contributed by atoms with E-state index in [0.29, 0.717) is 48.6 Å². The highest BCUT2D eigenvalue weighted by Crippen LogP contribution is 2.33. The van der Waals surface area contributed by atoms with Crippen LogP contribution in [0.15, 0.2) is 30.5 Å². The van der Waals surface area contributed by atoms with Gasteiger partial charge in [0.25, 0.3) is 6.43 Å². The largest absolute Gasteiger partial charge is 0.367 e. The third-order valence-corrected chi connectivity index (χ3v) is 6.77. The topological polar surface area (TPSA) is 74.2 Å². The molecule has 1 aromatic carbocycles. The minimum atomic E-state index is -2.89. The quantitative estimate of drug-likeness (QED) is 0.550. The average molecular weight is 485 g/mol. The first-order chi connectivity index (χ1) is 16.8. The number of amides is 1. The lowest BCUT2D eigenvalue weighted by Gasteiger charge is -2.36. The maximum absolute atomic E-state index is 14.7. The summed E-state index contributed by atoms with van der Waals surface area (Å²) < 4.78 is 41.0. The number of rotatable bonds is 6. The van der Waals surface area contributed by atoms with E-state index in [9.17, 15) is 18.0 Å². The molecule has 5 rings (SSSR count). The molecule has 1 atom stereocenters. The number of fused-ring (bicyclic) bond motifs is 1. The number of benzene rings is 1. The molecule has 1 amide bonds. The molecule has 1 unspecified atom stereocenters. The second kappa shape index (κ2) is 9.31. The van der Waals surface area contributed by atoms with Gasteiger partial charge in [-0.25, -0.2) is 13.2 Å². The number of pyridine rings is 1. The third kappa shape index (κ3) is 4.61. The Morgan fingerprint density at radius 2 is 1.83 bits per heavy atom. The van der Waals surface area contributed by atoms with E-state index in [1.807, 2.05) is 17.9 Å². The van der Waals surface area contributed by atoms with Crippen molar-refractivity contribution in [3.63, 3.8) is 0 Å². The molecule has 35 heavy (non-hydrogen) atoms. The van der Waals surface area contributed by atoms with Crippen molar-refractivity contribution >= 4 is 28.3 Å². The van der Waals surface area contributed by atoms with Gasteiger partial charge in [-0.1, -0.05) is 18.2 Å². The lowest BCUT2D eigenvalue weighted by atomic mass is 10.0. The number of carbonyl (C=O) groups excluding carboxylic acids is 1. The summed E-state index contributed by atoms with van der Waals surface area (Å²) in [5, 5.41) is 12.3. The first-order valence-corrected chi connectivity index (χ1v) is 11.8. The van der Waals surface area contributed by atoms with Crippen molar-refractivity contribution in [1.29, 1.82) is 0 Å². The normalized spacial score (nSPS) is 17.2. The van der Waals surface area contributed by atoms with Crippen molar-refractivity contribution in [2.45, 2.75) is 39.2 Å². The van der Waals surface area contributed by atoms with Crippen LogP contribution in [0, 0.1) is 18.7 Å². The summed E-state index contributed by atoms with van der Waals surface area (Å²) in [6.07, 6.45) is 0.889. The number of hydrogen-bond acceptors (Lipinski definition) is 6. The van der Waals surface area contributed by atoms with Crippen LogP contribution in [0.1, 0.15) is 49.1 Å². The fourth-order valence-corrected chi connectivity index (χ4v) is 4.56. The Morgan fingerprint density at radius 3 is 2.51 bits per heavy atom. The molecule has 3 aromatic rings. The lowest BCUT2D eigenvalue weighted by Crippen LogP contribution is -2.49. The second-order valence-corrected chi connectivity index (χ2v) is 9.23. The molecule has 1 saturated carbocycles. The number of carbonyl (C=O) groups is 1. The first-order valence-electron chi connectivity index (χ1n) is 11.8. The molecule has 2 fully saturated rings. The molecule has 0 radical (unpaired) electrons. The highest BCUT2D eigenvalue weighted by Gasteiger charge is 2.34. The second-order valence-electron chi connectivity index (χ2n) is 9.23. The van der Waals surface area contributed by atoms with Crippen LogP contribution in [0.5, 0.6) is 0 Å². The number of nitrogens with one attached hydrogen (secondary N) is 1. The van der Waals surface area contributed by atoms with Crippen LogP contribution >= 0.6 is 0 Å². The van der Waals surface area contributed by atoms with E-state index in [-0.39, 0.29) is 17.4 Å². The number of aryl methyl sites for hydroxylation is 1. The number of piperazine rings is 1. The van der Waals surface area contributed by atoms with Crippen LogP contribution in [0.4, 0.5) is 24.7 Å². The van der Waals surface area contributed by atoms with E-state index in [0.717, 1.165) is 24.6 Å². The maximum Gasteiger partial charge on any atom is 0.266 e. The van der Waals surface area contributed by atoms with Gasteiger partial charge in [-0.2, -0.15) is 5.10 Å². The predicted octanol–water partition coefficient (Wildman–Crippen LogP) is 4.64. The number of alkyl halides is 2. The lowest BCUT2D eigenvalue weighted by molar-refractivity contribution is -0.132. The zero-order valence-corrected chi connectivity index (χ0v) is 19.6.